The summed E-state index contributed by atoms with van der Waals surface area (Å²) in [7, 11) is 2.14. The van der Waals surface area contributed by atoms with Crippen LogP contribution in [0.4, 0.5) is 10.5 Å². The maximum atomic E-state index is 11.8. The van der Waals surface area contributed by atoms with Crippen LogP contribution in [-0.4, -0.2) is 56.4 Å². The minimum atomic E-state index is -0.438. The number of carbonyl (C=O) groups is 3. The standard InChI is InChI=1S/C13H14N2O4.C6H15N.2C2H6/c1-9-2-3-10(19-7-6-16)8-11(9)15-5-4-12(17)14-13(15)18;1-4-6-7(3)5-2;2*1-2/h2-3,6,8H,4-5,7H2,1H3,(H,14,17,18);4-6H2,1-3H3;2*1-2H3. The fourth-order valence-corrected chi connectivity index (χ4v) is 2.43. The lowest BCUT2D eigenvalue weighted by Gasteiger charge is -2.28. The van der Waals surface area contributed by atoms with Gasteiger partial charge >= 0.3 is 6.03 Å². The zero-order valence-electron chi connectivity index (χ0n) is 20.1. The van der Waals surface area contributed by atoms with Crippen molar-refractivity contribution in [3.05, 3.63) is 23.8 Å². The molecule has 7 heteroatoms. The van der Waals surface area contributed by atoms with Gasteiger partial charge in [0.2, 0.25) is 5.91 Å². The fourth-order valence-electron chi connectivity index (χ4n) is 2.43. The second kappa shape index (κ2) is 18.6. The van der Waals surface area contributed by atoms with E-state index in [1.54, 1.807) is 18.2 Å². The predicted molar refractivity (Wildman–Crippen MR) is 124 cm³/mol. The minimum Gasteiger partial charge on any atom is -0.486 e. The van der Waals surface area contributed by atoms with Crippen molar-refractivity contribution in [1.29, 1.82) is 0 Å². The highest BCUT2D eigenvalue weighted by molar-refractivity contribution is 6.06. The molecule has 0 atom stereocenters. The fraction of sp³-hybridized carbons (Fsp3) is 0.609. The lowest BCUT2D eigenvalue weighted by molar-refractivity contribution is -0.120. The number of benzene rings is 1. The van der Waals surface area contributed by atoms with E-state index in [1.807, 2.05) is 34.6 Å². The van der Waals surface area contributed by atoms with Crippen molar-refractivity contribution in [1.82, 2.24) is 10.2 Å². The molecule has 7 nitrogen and oxygen atoms in total. The van der Waals surface area contributed by atoms with Gasteiger partial charge in [-0.1, -0.05) is 47.6 Å². The third kappa shape index (κ3) is 11.6. The molecule has 1 aromatic carbocycles. The molecule has 1 saturated heterocycles. The summed E-state index contributed by atoms with van der Waals surface area (Å²) in [6, 6.07) is 4.79. The Morgan fingerprint density at radius 1 is 1.17 bits per heavy atom. The van der Waals surface area contributed by atoms with E-state index >= 15 is 0 Å². The summed E-state index contributed by atoms with van der Waals surface area (Å²) in [5.74, 6) is 0.240. The molecule has 0 saturated carbocycles. The Morgan fingerprint density at radius 2 is 1.80 bits per heavy atom. The van der Waals surface area contributed by atoms with Crippen LogP contribution < -0.4 is 15.0 Å². The van der Waals surface area contributed by atoms with Crippen molar-refractivity contribution in [2.75, 3.05) is 38.2 Å². The van der Waals surface area contributed by atoms with Gasteiger partial charge in [-0.2, -0.15) is 0 Å². The predicted octanol–water partition coefficient (Wildman–Crippen LogP) is 4.42. The Labute approximate surface area is 182 Å². The number of urea groups is 1. The molecule has 1 heterocycles. The molecule has 1 fully saturated rings. The van der Waals surface area contributed by atoms with Crippen LogP contribution in [0.15, 0.2) is 18.2 Å². The number of imide groups is 1. The highest BCUT2D eigenvalue weighted by atomic mass is 16.5. The highest BCUT2D eigenvalue weighted by Crippen LogP contribution is 2.27. The Bertz CT molecular complexity index is 620. The maximum Gasteiger partial charge on any atom is 0.328 e. The van der Waals surface area contributed by atoms with E-state index in [0.717, 1.165) is 5.56 Å². The molecule has 1 aromatic rings. The molecule has 0 bridgehead atoms. The zero-order valence-corrected chi connectivity index (χ0v) is 20.1. The number of hydrogen-bond acceptors (Lipinski definition) is 5. The van der Waals surface area contributed by atoms with Gasteiger partial charge in [-0.15, -0.1) is 0 Å². The Morgan fingerprint density at radius 3 is 2.27 bits per heavy atom. The molecule has 0 aromatic heterocycles. The number of amides is 3. The van der Waals surface area contributed by atoms with Gasteiger partial charge in [-0.25, -0.2) is 4.79 Å². The average molecular weight is 424 g/mol. The molecule has 0 radical (unpaired) electrons. The largest absolute Gasteiger partial charge is 0.486 e. The first-order valence-electron chi connectivity index (χ1n) is 10.9. The molecular formula is C23H41N3O4. The van der Waals surface area contributed by atoms with E-state index < -0.39 is 6.03 Å². The SMILES string of the molecule is CC.CC.CCCN(C)CC.Cc1ccc(OCC=O)cc1N1CCC(=O)NC1=O. The van der Waals surface area contributed by atoms with E-state index in [0.29, 0.717) is 24.3 Å². The number of aldehydes is 1. The number of aryl methyl sites for hydroxylation is 1. The smallest absolute Gasteiger partial charge is 0.328 e. The molecule has 1 N–H and O–H groups in total. The third-order valence-electron chi connectivity index (χ3n) is 3.99. The van der Waals surface area contributed by atoms with Gasteiger partial charge in [0.25, 0.3) is 0 Å². The van der Waals surface area contributed by atoms with Gasteiger partial charge in [-0.3, -0.25) is 19.8 Å². The van der Waals surface area contributed by atoms with Crippen molar-refractivity contribution < 1.29 is 19.1 Å². The highest BCUT2D eigenvalue weighted by Gasteiger charge is 2.25. The number of hydrogen-bond donors (Lipinski definition) is 1. The second-order valence-electron chi connectivity index (χ2n) is 6.08. The molecular weight excluding hydrogens is 382 g/mol. The summed E-state index contributed by atoms with van der Waals surface area (Å²) >= 11 is 0. The van der Waals surface area contributed by atoms with Gasteiger partial charge in [-0.05, 0) is 45.1 Å². The lowest BCUT2D eigenvalue weighted by atomic mass is 10.1. The van der Waals surface area contributed by atoms with Gasteiger partial charge in [0.05, 0.1) is 5.69 Å². The lowest BCUT2D eigenvalue weighted by Crippen LogP contribution is -2.49. The summed E-state index contributed by atoms with van der Waals surface area (Å²) in [4.78, 5) is 37.0. The third-order valence-corrected chi connectivity index (χ3v) is 3.99. The summed E-state index contributed by atoms with van der Waals surface area (Å²) in [6.07, 6.45) is 2.20. The molecule has 0 unspecified atom stereocenters. The molecule has 1 aliphatic heterocycles. The monoisotopic (exact) mass is 423 g/mol. The second-order valence-corrected chi connectivity index (χ2v) is 6.08. The number of nitrogens with zero attached hydrogens (tertiary/aromatic N) is 2. The maximum absolute atomic E-state index is 11.8. The quantitative estimate of drug-likeness (QED) is 0.657. The van der Waals surface area contributed by atoms with Crippen molar-refractivity contribution in [3.63, 3.8) is 0 Å². The van der Waals surface area contributed by atoms with Crippen molar-refractivity contribution in [3.8, 4) is 5.75 Å². The minimum absolute atomic E-state index is 0.0345. The number of ether oxygens (including phenoxy) is 1. The molecule has 2 rings (SSSR count). The van der Waals surface area contributed by atoms with E-state index in [2.05, 4.69) is 31.1 Å². The average Bonchev–Trinajstić information content (AvgIpc) is 2.77. The summed E-state index contributed by atoms with van der Waals surface area (Å²) < 4.78 is 5.20. The molecule has 30 heavy (non-hydrogen) atoms. The number of nitrogens with one attached hydrogen (secondary N) is 1. The van der Waals surface area contributed by atoms with Crippen LogP contribution in [0.5, 0.6) is 5.75 Å². The molecule has 3 amide bonds. The van der Waals surface area contributed by atoms with Crippen LogP contribution in [0.3, 0.4) is 0 Å². The van der Waals surface area contributed by atoms with Crippen LogP contribution in [0.1, 0.15) is 59.9 Å². The van der Waals surface area contributed by atoms with Crippen molar-refractivity contribution >= 4 is 23.9 Å². The molecule has 0 spiro atoms. The zero-order chi connectivity index (χ0) is 23.5. The van der Waals surface area contributed by atoms with E-state index in [4.69, 9.17) is 4.74 Å². The van der Waals surface area contributed by atoms with Crippen LogP contribution in [0.25, 0.3) is 0 Å². The Balaban J connectivity index is 0. The number of rotatable bonds is 7. The summed E-state index contributed by atoms with van der Waals surface area (Å²) in [5, 5.41) is 2.27. The topological polar surface area (TPSA) is 79.0 Å². The first kappa shape index (κ1) is 29.8. The molecule has 0 aliphatic carbocycles. The van der Waals surface area contributed by atoms with Gasteiger partial charge in [0, 0.05) is 19.0 Å². The van der Waals surface area contributed by atoms with E-state index in [9.17, 15) is 14.4 Å². The van der Waals surface area contributed by atoms with Crippen molar-refractivity contribution in [2.45, 2.75) is 61.3 Å². The normalized spacial score (nSPS) is 12.4. The first-order chi connectivity index (χ1) is 14.4. The number of carbonyl (C=O) groups excluding carboxylic acids is 3. The van der Waals surface area contributed by atoms with E-state index in [-0.39, 0.29) is 18.9 Å². The van der Waals surface area contributed by atoms with Crippen LogP contribution in [0, 0.1) is 6.92 Å². The molecule has 172 valence electrons. The van der Waals surface area contributed by atoms with Gasteiger partial charge in [0.15, 0.2) is 6.29 Å². The Kier molecular flexibility index (Phi) is 18.5. The van der Waals surface area contributed by atoms with Crippen LogP contribution in [-0.2, 0) is 9.59 Å². The van der Waals surface area contributed by atoms with Crippen molar-refractivity contribution in [2.24, 2.45) is 0 Å². The van der Waals surface area contributed by atoms with Crippen LogP contribution in [0.2, 0.25) is 0 Å². The summed E-state index contributed by atoms with van der Waals surface area (Å²) in [6.45, 7) is 16.9. The first-order valence-corrected chi connectivity index (χ1v) is 10.9. The van der Waals surface area contributed by atoms with E-state index in [1.165, 1.54) is 24.4 Å². The summed E-state index contributed by atoms with van der Waals surface area (Å²) in [5.41, 5.74) is 1.57. The van der Waals surface area contributed by atoms with Crippen LogP contribution >= 0.6 is 0 Å². The van der Waals surface area contributed by atoms with Gasteiger partial charge in [0.1, 0.15) is 12.4 Å². The molecule has 1 aliphatic rings. The van der Waals surface area contributed by atoms with Gasteiger partial charge < -0.3 is 9.64 Å². The number of anilines is 1. The Hall–Kier alpha value is -2.41.